The Morgan fingerprint density at radius 2 is 1.43 bits per heavy atom. The Bertz CT molecular complexity index is 1530. The molecule has 0 saturated carbocycles. The molecule has 30 heavy (non-hydrogen) atoms. The summed E-state index contributed by atoms with van der Waals surface area (Å²) in [7, 11) is 0. The van der Waals surface area contributed by atoms with E-state index in [1.165, 1.54) is 0 Å². The molecule has 0 aliphatic heterocycles. The molecule has 4 aromatic carbocycles. The van der Waals surface area contributed by atoms with E-state index in [1.807, 2.05) is 30.3 Å². The van der Waals surface area contributed by atoms with Crippen LogP contribution in [0.25, 0.3) is 33.5 Å². The molecule has 144 valence electrons. The van der Waals surface area contributed by atoms with E-state index >= 15 is 0 Å². The average molecular weight is 409 g/mol. The second kappa shape index (κ2) is 6.65. The molecule has 2 aromatic heterocycles. The van der Waals surface area contributed by atoms with Gasteiger partial charge in [0.2, 0.25) is 5.78 Å². The fraction of sp³-hybridized carbons (Fsp3) is 0. The number of para-hydroxylation sites is 4. The molecule has 0 fully saturated rings. The Labute approximate surface area is 178 Å². The lowest BCUT2D eigenvalue weighted by Crippen LogP contribution is -1.94. The van der Waals surface area contributed by atoms with Gasteiger partial charge in [-0.3, -0.25) is 8.97 Å². The van der Waals surface area contributed by atoms with Crippen LogP contribution in [0.1, 0.15) is 0 Å². The molecule has 0 radical (unpaired) electrons. The number of anilines is 2. The summed E-state index contributed by atoms with van der Waals surface area (Å²) in [4.78, 5) is 5.01. The van der Waals surface area contributed by atoms with Gasteiger partial charge >= 0.3 is 0 Å². The highest BCUT2D eigenvalue weighted by atomic mass is 35.5. The quantitative estimate of drug-likeness (QED) is 0.348. The van der Waals surface area contributed by atoms with Crippen molar-refractivity contribution in [1.29, 1.82) is 0 Å². The number of imidazole rings is 2. The smallest absolute Gasteiger partial charge is 0.220 e. The highest BCUT2D eigenvalue weighted by Gasteiger charge is 2.17. The molecule has 0 bridgehead atoms. The van der Waals surface area contributed by atoms with Gasteiger partial charge in [0.15, 0.2) is 0 Å². The second-order valence-electron chi connectivity index (χ2n) is 7.22. The minimum atomic E-state index is 0.689. The summed E-state index contributed by atoms with van der Waals surface area (Å²) in [6.45, 7) is 0. The summed E-state index contributed by atoms with van der Waals surface area (Å²) < 4.78 is 4.42. The number of fused-ring (bicyclic) bond motifs is 5. The lowest BCUT2D eigenvalue weighted by atomic mass is 10.2. The first-order valence-electron chi connectivity index (χ1n) is 9.78. The zero-order valence-corrected chi connectivity index (χ0v) is 16.7. The van der Waals surface area contributed by atoms with E-state index in [1.54, 1.807) is 0 Å². The lowest BCUT2D eigenvalue weighted by Gasteiger charge is -2.08. The number of nitrogens with one attached hydrogen (secondary N) is 1. The van der Waals surface area contributed by atoms with Gasteiger partial charge in [-0.1, -0.05) is 54.1 Å². The molecule has 2 heterocycles. The maximum atomic E-state index is 6.31. The van der Waals surface area contributed by atoms with Gasteiger partial charge in [-0.25, -0.2) is 4.98 Å². The number of halogens is 1. The van der Waals surface area contributed by atoms with Gasteiger partial charge in [0.1, 0.15) is 0 Å². The molecule has 0 aliphatic rings. The van der Waals surface area contributed by atoms with E-state index in [9.17, 15) is 0 Å². The molecule has 5 heteroatoms. The van der Waals surface area contributed by atoms with Gasteiger partial charge in [0.25, 0.3) is 0 Å². The van der Waals surface area contributed by atoms with Gasteiger partial charge in [-0.05, 0) is 54.6 Å². The molecule has 0 aliphatic carbocycles. The first kappa shape index (κ1) is 17.1. The summed E-state index contributed by atoms with van der Waals surface area (Å²) in [6.07, 6.45) is 0. The van der Waals surface area contributed by atoms with Crippen LogP contribution >= 0.6 is 11.6 Å². The van der Waals surface area contributed by atoms with Crippen LogP contribution in [0.15, 0.2) is 97.1 Å². The normalized spacial score (nSPS) is 11.5. The summed E-state index contributed by atoms with van der Waals surface area (Å²) >= 11 is 6.31. The fourth-order valence-electron chi connectivity index (χ4n) is 4.03. The number of hydrogen-bond acceptors (Lipinski definition) is 2. The maximum absolute atomic E-state index is 6.31. The largest absolute Gasteiger partial charge is 0.354 e. The number of benzene rings is 4. The van der Waals surface area contributed by atoms with E-state index in [4.69, 9.17) is 16.6 Å². The van der Waals surface area contributed by atoms with Crippen molar-refractivity contribution in [2.75, 3.05) is 5.32 Å². The fourth-order valence-corrected chi connectivity index (χ4v) is 4.22. The van der Waals surface area contributed by atoms with Crippen LogP contribution in [0, 0.1) is 0 Å². The van der Waals surface area contributed by atoms with Crippen LogP contribution in [0.4, 0.5) is 11.4 Å². The van der Waals surface area contributed by atoms with Crippen LogP contribution in [-0.2, 0) is 0 Å². The first-order chi connectivity index (χ1) is 14.8. The maximum Gasteiger partial charge on any atom is 0.220 e. The van der Waals surface area contributed by atoms with E-state index < -0.39 is 0 Å². The van der Waals surface area contributed by atoms with Gasteiger partial charge in [-0.15, -0.1) is 0 Å². The summed E-state index contributed by atoms with van der Waals surface area (Å²) in [6, 6.07) is 32.7. The topological polar surface area (TPSA) is 34.3 Å². The summed E-state index contributed by atoms with van der Waals surface area (Å²) in [5.41, 5.74) is 7.18. The lowest BCUT2D eigenvalue weighted by molar-refractivity contribution is 1.11. The highest BCUT2D eigenvalue weighted by molar-refractivity contribution is 6.33. The monoisotopic (exact) mass is 408 g/mol. The summed E-state index contributed by atoms with van der Waals surface area (Å²) in [5, 5.41) is 4.09. The molecule has 1 N–H and O–H groups in total. The molecule has 0 amide bonds. The van der Waals surface area contributed by atoms with Gasteiger partial charge in [-0.2, -0.15) is 0 Å². The zero-order valence-electron chi connectivity index (χ0n) is 16.0. The standard InChI is InChI=1S/C25H17ClN4/c26-19-10-4-5-11-20(19)27-17-14-15-22-21(16-17)28-25-29(18-8-2-1-3-9-18)23-12-6-7-13-24(23)30(22)25/h1-16,27H. The van der Waals surface area contributed by atoms with E-state index in [0.29, 0.717) is 5.02 Å². The molecule has 6 aromatic rings. The van der Waals surface area contributed by atoms with Crippen molar-refractivity contribution < 1.29 is 0 Å². The van der Waals surface area contributed by atoms with Crippen LogP contribution in [0.5, 0.6) is 0 Å². The predicted molar refractivity (Wildman–Crippen MR) is 124 cm³/mol. The Hall–Kier alpha value is -3.76. The average Bonchev–Trinajstić information content (AvgIpc) is 3.30. The van der Waals surface area contributed by atoms with Crippen molar-refractivity contribution in [2.45, 2.75) is 0 Å². The molecule has 0 atom stereocenters. The third-order valence-corrected chi connectivity index (χ3v) is 5.70. The molecular weight excluding hydrogens is 392 g/mol. The second-order valence-corrected chi connectivity index (χ2v) is 7.62. The number of hydrogen-bond donors (Lipinski definition) is 1. The third kappa shape index (κ3) is 2.58. The van der Waals surface area contributed by atoms with Crippen molar-refractivity contribution in [3.63, 3.8) is 0 Å². The highest BCUT2D eigenvalue weighted by Crippen LogP contribution is 2.31. The molecule has 4 nitrogen and oxygen atoms in total. The zero-order chi connectivity index (χ0) is 20.1. The first-order valence-corrected chi connectivity index (χ1v) is 10.2. The van der Waals surface area contributed by atoms with Crippen molar-refractivity contribution in [3.8, 4) is 5.69 Å². The summed E-state index contributed by atoms with van der Waals surface area (Å²) in [5.74, 6) is 0.896. The minimum absolute atomic E-state index is 0.689. The Morgan fingerprint density at radius 3 is 2.27 bits per heavy atom. The van der Waals surface area contributed by atoms with Gasteiger partial charge in [0, 0.05) is 11.4 Å². The van der Waals surface area contributed by atoms with Gasteiger partial charge < -0.3 is 5.32 Å². The number of rotatable bonds is 3. The van der Waals surface area contributed by atoms with Crippen LogP contribution in [0.3, 0.4) is 0 Å². The Balaban J connectivity index is 1.59. The van der Waals surface area contributed by atoms with Crippen molar-refractivity contribution in [1.82, 2.24) is 14.0 Å². The molecular formula is C25H17ClN4. The van der Waals surface area contributed by atoms with E-state index in [0.717, 1.165) is 44.9 Å². The molecule has 0 saturated heterocycles. The Morgan fingerprint density at radius 1 is 0.700 bits per heavy atom. The predicted octanol–water partition coefficient (Wildman–Crippen LogP) is 6.83. The van der Waals surface area contributed by atoms with E-state index in [-0.39, 0.29) is 0 Å². The van der Waals surface area contributed by atoms with E-state index in [2.05, 4.69) is 81.0 Å². The molecule has 0 unspecified atom stereocenters. The number of nitrogens with zero attached hydrogens (tertiary/aromatic N) is 3. The molecule has 6 rings (SSSR count). The Kier molecular flexibility index (Phi) is 3.79. The van der Waals surface area contributed by atoms with Crippen LogP contribution < -0.4 is 5.32 Å². The molecule has 0 spiro atoms. The SMILES string of the molecule is Clc1ccccc1Nc1ccc2c(c1)nc1n(-c3ccccc3)c3ccccc3n21. The van der Waals surface area contributed by atoms with Crippen LogP contribution in [-0.4, -0.2) is 14.0 Å². The van der Waals surface area contributed by atoms with Crippen molar-refractivity contribution >= 4 is 50.8 Å². The number of aromatic nitrogens is 3. The van der Waals surface area contributed by atoms with Crippen molar-refractivity contribution in [3.05, 3.63) is 102 Å². The third-order valence-electron chi connectivity index (χ3n) is 5.37. The minimum Gasteiger partial charge on any atom is -0.354 e. The van der Waals surface area contributed by atoms with Crippen LogP contribution in [0.2, 0.25) is 5.02 Å². The van der Waals surface area contributed by atoms with Crippen molar-refractivity contribution in [2.24, 2.45) is 0 Å². The van der Waals surface area contributed by atoms with Gasteiger partial charge in [0.05, 0.1) is 32.8 Å².